The Morgan fingerprint density at radius 1 is 1.67 bits per heavy atom. The Hall–Kier alpha value is -0.570. The molecule has 2 aliphatic rings. The van der Waals surface area contributed by atoms with Gasteiger partial charge in [-0.3, -0.25) is 4.79 Å². The molecule has 0 aromatic heterocycles. The molecule has 2 aliphatic heterocycles. The second-order valence-electron chi connectivity index (χ2n) is 2.59. The highest BCUT2D eigenvalue weighted by molar-refractivity contribution is 5.75. The summed E-state index contributed by atoms with van der Waals surface area (Å²) < 4.78 is 4.82. The van der Waals surface area contributed by atoms with E-state index >= 15 is 0 Å². The van der Waals surface area contributed by atoms with Crippen molar-refractivity contribution in [2.75, 3.05) is 13.2 Å². The van der Waals surface area contributed by atoms with Crippen LogP contribution in [0.15, 0.2) is 0 Å². The second-order valence-corrected chi connectivity index (χ2v) is 2.59. The molecule has 0 spiro atoms. The van der Waals surface area contributed by atoms with Gasteiger partial charge in [0.05, 0.1) is 12.0 Å². The fourth-order valence-corrected chi connectivity index (χ4v) is 1.50. The van der Waals surface area contributed by atoms with Crippen molar-refractivity contribution >= 4 is 5.97 Å². The number of rotatable bonds is 0. The third-order valence-electron chi connectivity index (χ3n) is 2.06. The third kappa shape index (κ3) is 0.645. The van der Waals surface area contributed by atoms with Crippen LogP contribution < -0.4 is 5.32 Å². The summed E-state index contributed by atoms with van der Waals surface area (Å²) in [5.74, 6) is 0.162. The molecule has 2 rings (SSSR count). The summed E-state index contributed by atoms with van der Waals surface area (Å²) >= 11 is 0. The van der Waals surface area contributed by atoms with Crippen molar-refractivity contribution in [1.29, 1.82) is 0 Å². The van der Waals surface area contributed by atoms with Gasteiger partial charge in [0.25, 0.3) is 0 Å². The Balaban J connectivity index is 2.15. The number of hydrogen-bond donors (Lipinski definition) is 1. The van der Waals surface area contributed by atoms with Crippen LogP contribution in [0.1, 0.15) is 6.42 Å². The number of nitrogens with one attached hydrogen (secondary N) is 1. The maximum atomic E-state index is 10.8. The lowest BCUT2D eigenvalue weighted by molar-refractivity contribution is -0.141. The van der Waals surface area contributed by atoms with Gasteiger partial charge in [-0.1, -0.05) is 0 Å². The molecule has 1 N–H and O–H groups in total. The van der Waals surface area contributed by atoms with Crippen molar-refractivity contribution in [3.63, 3.8) is 0 Å². The zero-order chi connectivity index (χ0) is 6.27. The van der Waals surface area contributed by atoms with Crippen molar-refractivity contribution in [1.82, 2.24) is 5.32 Å². The van der Waals surface area contributed by atoms with Crippen LogP contribution in [0, 0.1) is 5.92 Å². The summed E-state index contributed by atoms with van der Waals surface area (Å²) in [6.07, 6.45) is 0.962. The van der Waals surface area contributed by atoms with Crippen LogP contribution in [0.5, 0.6) is 0 Å². The number of fused-ring (bicyclic) bond motifs is 1. The lowest BCUT2D eigenvalue weighted by Crippen LogP contribution is -2.26. The number of hydrogen-bond acceptors (Lipinski definition) is 3. The summed E-state index contributed by atoms with van der Waals surface area (Å²) in [5.41, 5.74) is 0. The normalized spacial score (nSPS) is 40.7. The number of ether oxygens (including phenoxy) is 1. The fraction of sp³-hybridized carbons (Fsp3) is 0.833. The summed E-state index contributed by atoms with van der Waals surface area (Å²) in [4.78, 5) is 10.8. The molecule has 2 atom stereocenters. The molecule has 0 bridgehead atoms. The van der Waals surface area contributed by atoms with Crippen LogP contribution in [0.3, 0.4) is 0 Å². The van der Waals surface area contributed by atoms with E-state index in [9.17, 15) is 4.79 Å². The molecule has 50 valence electrons. The molecule has 3 heteroatoms. The average molecular weight is 127 g/mol. The summed E-state index contributed by atoms with van der Waals surface area (Å²) in [6.45, 7) is 1.56. The predicted octanol–water partition coefficient (Wildman–Crippen LogP) is -0.479. The van der Waals surface area contributed by atoms with Gasteiger partial charge in [0.15, 0.2) is 0 Å². The van der Waals surface area contributed by atoms with Crippen LogP contribution >= 0.6 is 0 Å². The minimum atomic E-state index is -0.00926. The van der Waals surface area contributed by atoms with Gasteiger partial charge in [-0.2, -0.15) is 0 Å². The summed E-state index contributed by atoms with van der Waals surface area (Å²) in [6, 6.07) is 0.331. The van der Waals surface area contributed by atoms with Crippen LogP contribution in [-0.2, 0) is 9.53 Å². The van der Waals surface area contributed by atoms with E-state index in [1.54, 1.807) is 0 Å². The Labute approximate surface area is 53.4 Å². The maximum absolute atomic E-state index is 10.8. The third-order valence-corrected chi connectivity index (χ3v) is 2.06. The van der Waals surface area contributed by atoms with Gasteiger partial charge in [0.1, 0.15) is 6.61 Å². The molecule has 2 saturated heterocycles. The first-order chi connectivity index (χ1) is 4.38. The molecule has 0 saturated carbocycles. The highest BCUT2D eigenvalue weighted by Crippen LogP contribution is 2.22. The van der Waals surface area contributed by atoms with Crippen molar-refractivity contribution < 1.29 is 9.53 Å². The van der Waals surface area contributed by atoms with E-state index in [-0.39, 0.29) is 11.9 Å². The zero-order valence-electron chi connectivity index (χ0n) is 5.09. The van der Waals surface area contributed by atoms with Crippen molar-refractivity contribution in [3.8, 4) is 0 Å². The van der Waals surface area contributed by atoms with Crippen LogP contribution in [0.4, 0.5) is 0 Å². The molecule has 0 amide bonds. The number of carbonyl (C=O) groups excluding carboxylic acids is 1. The van der Waals surface area contributed by atoms with Gasteiger partial charge in [-0.15, -0.1) is 0 Å². The predicted molar refractivity (Wildman–Crippen MR) is 30.9 cm³/mol. The standard InChI is InChI=1S/C6H9NO2/c8-6-4-1-2-7-5(4)3-9-6/h4-5,7H,1-3H2/t4-,5+/m1/s1. The minimum Gasteiger partial charge on any atom is -0.464 e. The Morgan fingerprint density at radius 2 is 2.56 bits per heavy atom. The summed E-state index contributed by atoms with van der Waals surface area (Å²) in [7, 11) is 0. The largest absolute Gasteiger partial charge is 0.464 e. The van der Waals surface area contributed by atoms with Crippen molar-refractivity contribution in [3.05, 3.63) is 0 Å². The SMILES string of the molecule is O=C1OC[C@@H]2NCC[C@@H]12. The molecule has 0 aromatic carbocycles. The van der Waals surface area contributed by atoms with E-state index in [1.807, 2.05) is 0 Å². The van der Waals surface area contributed by atoms with Gasteiger partial charge in [0, 0.05) is 0 Å². The first-order valence-electron chi connectivity index (χ1n) is 3.28. The monoisotopic (exact) mass is 127 g/mol. The number of cyclic esters (lactones) is 1. The van der Waals surface area contributed by atoms with Gasteiger partial charge < -0.3 is 10.1 Å². The molecule has 0 radical (unpaired) electrons. The number of esters is 1. The molecule has 0 aliphatic carbocycles. The average Bonchev–Trinajstić information content (AvgIpc) is 2.35. The first kappa shape index (κ1) is 5.23. The minimum absolute atomic E-state index is 0.00926. The smallest absolute Gasteiger partial charge is 0.310 e. The molecule has 2 heterocycles. The Kier molecular flexibility index (Phi) is 0.990. The molecular weight excluding hydrogens is 118 g/mol. The first-order valence-corrected chi connectivity index (χ1v) is 3.28. The van der Waals surface area contributed by atoms with E-state index in [0.717, 1.165) is 13.0 Å². The zero-order valence-corrected chi connectivity index (χ0v) is 5.09. The van der Waals surface area contributed by atoms with Gasteiger partial charge in [0.2, 0.25) is 0 Å². The van der Waals surface area contributed by atoms with E-state index in [2.05, 4.69) is 5.32 Å². The van der Waals surface area contributed by atoms with E-state index < -0.39 is 0 Å². The lowest BCUT2D eigenvalue weighted by Gasteiger charge is -1.99. The molecule has 9 heavy (non-hydrogen) atoms. The van der Waals surface area contributed by atoms with E-state index in [0.29, 0.717) is 12.6 Å². The van der Waals surface area contributed by atoms with Crippen LogP contribution in [0.25, 0.3) is 0 Å². The molecule has 0 aromatic rings. The van der Waals surface area contributed by atoms with Crippen molar-refractivity contribution in [2.24, 2.45) is 5.92 Å². The highest BCUT2D eigenvalue weighted by atomic mass is 16.5. The van der Waals surface area contributed by atoms with Crippen LogP contribution in [0.2, 0.25) is 0 Å². The quantitative estimate of drug-likeness (QED) is 0.447. The molecule has 3 nitrogen and oxygen atoms in total. The lowest BCUT2D eigenvalue weighted by atomic mass is 10.1. The topological polar surface area (TPSA) is 38.3 Å². The maximum Gasteiger partial charge on any atom is 0.310 e. The Bertz CT molecular complexity index is 146. The summed E-state index contributed by atoms with van der Waals surface area (Å²) in [5, 5.41) is 3.20. The fourth-order valence-electron chi connectivity index (χ4n) is 1.50. The van der Waals surface area contributed by atoms with Gasteiger partial charge >= 0.3 is 5.97 Å². The highest BCUT2D eigenvalue weighted by Gasteiger charge is 2.39. The molecule has 0 unspecified atom stereocenters. The second kappa shape index (κ2) is 1.70. The van der Waals surface area contributed by atoms with E-state index in [1.165, 1.54) is 0 Å². The number of carbonyl (C=O) groups is 1. The van der Waals surface area contributed by atoms with Gasteiger partial charge in [-0.25, -0.2) is 0 Å². The Morgan fingerprint density at radius 3 is 3.33 bits per heavy atom. The molecule has 2 fully saturated rings. The van der Waals surface area contributed by atoms with E-state index in [4.69, 9.17) is 4.74 Å². The van der Waals surface area contributed by atoms with Crippen molar-refractivity contribution in [2.45, 2.75) is 12.5 Å². The van der Waals surface area contributed by atoms with Gasteiger partial charge in [-0.05, 0) is 13.0 Å². The van der Waals surface area contributed by atoms with Crippen LogP contribution in [-0.4, -0.2) is 25.2 Å². The molecular formula is C6H9NO2.